The lowest BCUT2D eigenvalue weighted by Crippen LogP contribution is -2.19. The van der Waals surface area contributed by atoms with Gasteiger partial charge in [-0.2, -0.15) is 14.9 Å². The summed E-state index contributed by atoms with van der Waals surface area (Å²) < 4.78 is 37.0. The summed E-state index contributed by atoms with van der Waals surface area (Å²) in [6.07, 6.45) is 3.12. The second-order valence-corrected chi connectivity index (χ2v) is 14.9. The predicted octanol–water partition coefficient (Wildman–Crippen LogP) is 11.8. The molecular formula is C36H34Cl4I2N3O5P. The van der Waals surface area contributed by atoms with E-state index in [0.29, 0.717) is 60.8 Å². The van der Waals surface area contributed by atoms with E-state index in [1.165, 1.54) is 0 Å². The average Bonchev–Trinajstić information content (AvgIpc) is 3.71. The highest BCUT2D eigenvalue weighted by Crippen LogP contribution is 2.48. The van der Waals surface area contributed by atoms with E-state index in [-0.39, 0.29) is 6.23 Å². The lowest BCUT2D eigenvalue weighted by atomic mass is 9.99. The van der Waals surface area contributed by atoms with Gasteiger partial charge in [0.1, 0.15) is 30.4 Å². The molecule has 2 aliphatic heterocycles. The number of rotatable bonds is 7. The average molecular weight is 1020 g/mol. The molecule has 0 spiro atoms. The Hall–Kier alpha value is -1.77. The van der Waals surface area contributed by atoms with Gasteiger partial charge in [-0.05, 0) is 99.3 Å². The van der Waals surface area contributed by atoms with Crippen LogP contribution in [0.1, 0.15) is 36.6 Å². The molecule has 15 heteroatoms. The maximum atomic E-state index is 6.61. The Bertz CT molecular complexity index is 2080. The molecule has 0 N–H and O–H groups in total. The van der Waals surface area contributed by atoms with Crippen molar-refractivity contribution >= 4 is 116 Å². The first-order chi connectivity index (χ1) is 25.1. The fourth-order valence-electron chi connectivity index (χ4n) is 5.99. The topological polar surface area (TPSA) is 76.3 Å². The van der Waals surface area contributed by atoms with E-state index in [0.717, 1.165) is 66.4 Å². The lowest BCUT2D eigenvalue weighted by Gasteiger charge is -2.23. The molecular weight excluding hydrogens is 981 g/mol. The minimum Gasteiger partial charge on any atom is -0.495 e. The van der Waals surface area contributed by atoms with Gasteiger partial charge in [0, 0.05) is 40.8 Å². The molecule has 2 atom stereocenters. The molecule has 1 fully saturated rings. The van der Waals surface area contributed by atoms with Gasteiger partial charge in [-0.1, -0.05) is 64.6 Å². The number of benzene rings is 4. The first-order valence-electron chi connectivity index (χ1n) is 16.0. The van der Waals surface area contributed by atoms with Gasteiger partial charge >= 0.3 is 0 Å². The summed E-state index contributed by atoms with van der Waals surface area (Å²) in [6, 6.07) is 15.6. The summed E-state index contributed by atoms with van der Waals surface area (Å²) >= 11 is 30.6. The van der Waals surface area contributed by atoms with Gasteiger partial charge in [0.25, 0.3) is 0 Å². The Morgan fingerprint density at radius 3 is 1.80 bits per heavy atom. The zero-order valence-electron chi connectivity index (χ0n) is 29.0. The molecule has 2 unspecified atom stereocenters. The standard InChI is InChI=1S/C20H19Cl2IN2O3.C16H12Cl2INO2.H3P/c1-26-14-10-15(27-2)19(22)17(18(14)21)11-6-7-12-13(9-11)25(24-20(12)23)16-5-3-4-8-28-16;1-21-11-6-12(22-2)15(18)13(14(11)17)8-3-4-10-9(5-8)7-20-16(10)19;/h6-7,9-10,16H,3-5,8H2,1-2H3;3-6H,7H2,1-2H3;1H3/i;;1D. The minimum absolute atomic E-state index is 0.0548. The number of nitrogens with zero attached hydrogens (tertiary/aromatic N) is 3. The number of hydrogen-bond acceptors (Lipinski definition) is 7. The van der Waals surface area contributed by atoms with Gasteiger partial charge in [0.05, 0.1) is 61.9 Å². The van der Waals surface area contributed by atoms with Crippen LogP contribution in [0, 0.1) is 3.70 Å². The van der Waals surface area contributed by atoms with Crippen molar-refractivity contribution in [3.8, 4) is 45.3 Å². The predicted molar refractivity (Wildman–Crippen MR) is 230 cm³/mol. The number of aromatic nitrogens is 2. The first kappa shape index (κ1) is 38.9. The number of hydrogen-bond donors (Lipinski definition) is 0. The molecule has 7 rings (SSSR count). The second-order valence-electron chi connectivity index (χ2n) is 11.3. The van der Waals surface area contributed by atoms with Crippen LogP contribution in [0.4, 0.5) is 0 Å². The summed E-state index contributed by atoms with van der Waals surface area (Å²) in [6.45, 7) is 1.44. The molecule has 0 saturated carbocycles. The maximum absolute atomic E-state index is 6.61. The Labute approximate surface area is 348 Å². The molecule has 4 aromatic carbocycles. The van der Waals surface area contributed by atoms with E-state index < -0.39 is 0 Å². The highest BCUT2D eigenvalue weighted by atomic mass is 127. The van der Waals surface area contributed by atoms with Crippen molar-refractivity contribution < 1.29 is 23.7 Å². The Morgan fingerprint density at radius 2 is 1.29 bits per heavy atom. The lowest BCUT2D eigenvalue weighted by molar-refractivity contribution is -0.0368. The van der Waals surface area contributed by atoms with Gasteiger partial charge in [-0.3, -0.25) is 4.99 Å². The third kappa shape index (κ3) is 8.04. The summed E-state index contributed by atoms with van der Waals surface area (Å²) in [4.78, 5) is 4.44. The van der Waals surface area contributed by atoms with Crippen molar-refractivity contribution in [1.29, 1.82) is 1.28 Å². The molecule has 51 heavy (non-hydrogen) atoms. The van der Waals surface area contributed by atoms with Crippen LogP contribution < -0.4 is 18.9 Å². The zero-order valence-corrected chi connectivity index (χ0v) is 36.5. The molecule has 1 saturated heterocycles. The summed E-state index contributed by atoms with van der Waals surface area (Å²) in [5, 5.41) is 7.63. The quantitative estimate of drug-likeness (QED) is 0.119. The Morgan fingerprint density at radius 1 is 0.765 bits per heavy atom. The van der Waals surface area contributed by atoms with Crippen LogP contribution in [-0.4, -0.2) is 49.8 Å². The highest BCUT2D eigenvalue weighted by molar-refractivity contribution is 14.1. The Kier molecular flexibility index (Phi) is 13.4. The highest BCUT2D eigenvalue weighted by Gasteiger charge is 2.24. The normalized spacial score (nSPS) is 15.1. The number of halogens is 6. The SMILES string of the molecule is COc1cc(OC)c(Cl)c(-c2ccc3c(I)nn(C4CCCCO4)c3c2)c1Cl.COc1cc(OC)c(Cl)c(-c2ccc3c(c2)CN=C3I)c1Cl.[2H]P. The molecule has 270 valence electrons. The van der Waals surface area contributed by atoms with E-state index in [4.69, 9.17) is 76.5 Å². The zero-order chi connectivity index (χ0) is 37.7. The number of ether oxygens (including phenoxy) is 5. The molecule has 5 aromatic rings. The van der Waals surface area contributed by atoms with Crippen LogP contribution >= 0.6 is 101 Å². The van der Waals surface area contributed by atoms with Crippen LogP contribution in [0.5, 0.6) is 23.0 Å². The van der Waals surface area contributed by atoms with Crippen molar-refractivity contribution in [2.75, 3.05) is 35.0 Å². The fourth-order valence-corrected chi connectivity index (χ4v) is 8.81. The van der Waals surface area contributed by atoms with Crippen LogP contribution in [-0.2, 0) is 11.3 Å². The van der Waals surface area contributed by atoms with Crippen molar-refractivity contribution in [3.05, 3.63) is 83.4 Å². The molecule has 8 nitrogen and oxygen atoms in total. The van der Waals surface area contributed by atoms with E-state index in [9.17, 15) is 0 Å². The van der Waals surface area contributed by atoms with Crippen molar-refractivity contribution in [2.45, 2.75) is 32.0 Å². The first-order valence-corrected chi connectivity index (χ1v) is 19.1. The smallest absolute Gasteiger partial charge is 0.150 e. The largest absolute Gasteiger partial charge is 0.495 e. The van der Waals surface area contributed by atoms with Crippen LogP contribution in [0.3, 0.4) is 0 Å². The van der Waals surface area contributed by atoms with Crippen molar-refractivity contribution in [3.63, 3.8) is 0 Å². The summed E-state index contributed by atoms with van der Waals surface area (Å²) in [7, 11) is 7.94. The third-order valence-electron chi connectivity index (χ3n) is 8.53. The number of aliphatic imine (C=N–C) groups is 1. The van der Waals surface area contributed by atoms with E-state index in [1.54, 1.807) is 50.4 Å². The molecule has 0 aliphatic carbocycles. The molecule has 1 aromatic heterocycles. The van der Waals surface area contributed by atoms with E-state index in [1.807, 2.05) is 28.9 Å². The fraction of sp³-hybridized carbons (Fsp3) is 0.278. The van der Waals surface area contributed by atoms with Crippen LogP contribution in [0.2, 0.25) is 20.1 Å². The maximum Gasteiger partial charge on any atom is 0.150 e. The number of methoxy groups -OCH3 is 4. The number of fused-ring (bicyclic) bond motifs is 2. The van der Waals surface area contributed by atoms with Crippen molar-refractivity contribution in [2.24, 2.45) is 4.99 Å². The minimum atomic E-state index is -0.0548. The van der Waals surface area contributed by atoms with Crippen molar-refractivity contribution in [1.82, 2.24) is 9.78 Å². The van der Waals surface area contributed by atoms with Gasteiger partial charge in [0.2, 0.25) is 0 Å². The van der Waals surface area contributed by atoms with Gasteiger partial charge in [-0.15, -0.1) is 0 Å². The monoisotopic (exact) mass is 1010 g/mol. The van der Waals surface area contributed by atoms with Crippen LogP contribution in [0.25, 0.3) is 33.2 Å². The Balaban J connectivity index is 0.000000197. The molecule has 0 bridgehead atoms. The van der Waals surface area contributed by atoms with Gasteiger partial charge < -0.3 is 23.7 Å². The summed E-state index contributed by atoms with van der Waals surface area (Å²) in [5.41, 5.74) is 6.49. The van der Waals surface area contributed by atoms with Gasteiger partial charge in [0.15, 0.2) is 6.23 Å². The third-order valence-corrected chi connectivity index (χ3v) is 11.8. The van der Waals surface area contributed by atoms with E-state index in [2.05, 4.69) is 62.3 Å². The van der Waals surface area contributed by atoms with Crippen LogP contribution in [0.15, 0.2) is 53.5 Å². The summed E-state index contributed by atoms with van der Waals surface area (Å²) in [5.74, 6) is 2.09. The second kappa shape index (κ2) is 17.6. The van der Waals surface area contributed by atoms with E-state index >= 15 is 0 Å². The molecule has 0 amide bonds. The molecule has 0 radical (unpaired) electrons. The molecule has 3 heterocycles. The van der Waals surface area contributed by atoms with Gasteiger partial charge in [-0.25, -0.2) is 4.68 Å². The molecule has 2 aliphatic rings.